The molecule has 0 unspecified atom stereocenters. The number of carbonyl (C=O) groups is 2. The van der Waals surface area contributed by atoms with Crippen LogP contribution < -0.4 is 4.74 Å². The highest BCUT2D eigenvalue weighted by Gasteiger charge is 2.34. The Balaban J connectivity index is 1.66. The van der Waals surface area contributed by atoms with E-state index in [9.17, 15) is 9.59 Å². The number of carbonyl (C=O) groups excluding carboxylic acids is 2. The summed E-state index contributed by atoms with van der Waals surface area (Å²) in [7, 11) is 0. The van der Waals surface area contributed by atoms with Crippen LogP contribution >= 0.6 is 11.8 Å². The highest BCUT2D eigenvalue weighted by atomic mass is 32.2. The maximum absolute atomic E-state index is 12.5. The summed E-state index contributed by atoms with van der Waals surface area (Å²) in [6.07, 6.45) is 7.52. The first-order valence-corrected chi connectivity index (χ1v) is 8.94. The van der Waals surface area contributed by atoms with Gasteiger partial charge in [0.1, 0.15) is 12.4 Å². The Morgan fingerprint density at radius 3 is 2.50 bits per heavy atom. The minimum absolute atomic E-state index is 0.208. The number of rotatable bonds is 6. The van der Waals surface area contributed by atoms with E-state index in [0.29, 0.717) is 23.6 Å². The van der Waals surface area contributed by atoms with E-state index in [0.717, 1.165) is 22.9 Å². The van der Waals surface area contributed by atoms with Crippen LogP contribution in [0.1, 0.15) is 11.1 Å². The zero-order chi connectivity index (χ0) is 18.4. The van der Waals surface area contributed by atoms with Crippen LogP contribution in [0.4, 0.5) is 4.79 Å². The van der Waals surface area contributed by atoms with Crippen molar-refractivity contribution in [1.29, 1.82) is 0 Å². The monoisotopic (exact) mass is 363 g/mol. The number of ether oxygens (including phenoxy) is 1. The average Bonchev–Trinajstić information content (AvgIpc) is 2.93. The molecule has 5 heteroatoms. The molecule has 26 heavy (non-hydrogen) atoms. The third-order valence-electron chi connectivity index (χ3n) is 3.84. The molecule has 4 nitrogen and oxygen atoms in total. The van der Waals surface area contributed by atoms with E-state index in [1.54, 1.807) is 18.2 Å². The van der Waals surface area contributed by atoms with E-state index in [4.69, 9.17) is 11.2 Å². The average molecular weight is 363 g/mol. The van der Waals surface area contributed by atoms with Gasteiger partial charge in [0.05, 0.1) is 4.91 Å². The summed E-state index contributed by atoms with van der Waals surface area (Å²) in [5.41, 5.74) is 1.92. The first-order chi connectivity index (χ1) is 12.7. The van der Waals surface area contributed by atoms with Crippen molar-refractivity contribution in [2.45, 2.75) is 6.42 Å². The number of terminal acetylenes is 1. The summed E-state index contributed by atoms with van der Waals surface area (Å²) in [6, 6.07) is 17.0. The third kappa shape index (κ3) is 4.35. The van der Waals surface area contributed by atoms with E-state index in [2.05, 4.69) is 5.92 Å². The van der Waals surface area contributed by atoms with Crippen molar-refractivity contribution in [3.63, 3.8) is 0 Å². The van der Waals surface area contributed by atoms with Crippen molar-refractivity contribution in [3.8, 4) is 18.1 Å². The lowest BCUT2D eigenvalue weighted by atomic mass is 10.1. The summed E-state index contributed by atoms with van der Waals surface area (Å²) >= 11 is 0.971. The van der Waals surface area contributed by atoms with Gasteiger partial charge in [0.2, 0.25) is 0 Å². The van der Waals surface area contributed by atoms with Gasteiger partial charge in [-0.15, -0.1) is 6.42 Å². The molecule has 0 radical (unpaired) electrons. The quantitative estimate of drug-likeness (QED) is 0.575. The molecular weight excluding hydrogens is 346 g/mol. The van der Waals surface area contributed by atoms with Gasteiger partial charge in [-0.25, -0.2) is 0 Å². The van der Waals surface area contributed by atoms with Crippen molar-refractivity contribution >= 4 is 29.0 Å². The van der Waals surface area contributed by atoms with Gasteiger partial charge in [0.25, 0.3) is 11.1 Å². The summed E-state index contributed by atoms with van der Waals surface area (Å²) in [6.45, 7) is 0.588. The number of amides is 2. The Labute approximate surface area is 156 Å². The van der Waals surface area contributed by atoms with Crippen LogP contribution in [0, 0.1) is 12.3 Å². The molecule has 2 aromatic rings. The van der Waals surface area contributed by atoms with Crippen LogP contribution in [0.3, 0.4) is 0 Å². The van der Waals surface area contributed by atoms with Gasteiger partial charge in [-0.05, 0) is 47.5 Å². The van der Waals surface area contributed by atoms with Crippen molar-refractivity contribution in [1.82, 2.24) is 4.90 Å². The van der Waals surface area contributed by atoms with Crippen molar-refractivity contribution in [3.05, 3.63) is 70.6 Å². The number of benzene rings is 2. The Hall–Kier alpha value is -2.97. The summed E-state index contributed by atoms with van der Waals surface area (Å²) in [5.74, 6) is 2.82. The van der Waals surface area contributed by atoms with Crippen molar-refractivity contribution in [2.75, 3.05) is 13.2 Å². The third-order valence-corrected chi connectivity index (χ3v) is 4.75. The molecule has 1 aliphatic rings. The molecule has 0 spiro atoms. The Bertz CT molecular complexity index is 866. The molecule has 1 heterocycles. The Morgan fingerprint density at radius 2 is 1.81 bits per heavy atom. The minimum Gasteiger partial charge on any atom is -0.481 e. The maximum Gasteiger partial charge on any atom is 0.293 e. The summed E-state index contributed by atoms with van der Waals surface area (Å²) < 4.78 is 5.32. The molecule has 0 N–H and O–H groups in total. The van der Waals surface area contributed by atoms with Gasteiger partial charge in [-0.2, -0.15) is 0 Å². The second kappa shape index (κ2) is 8.41. The van der Waals surface area contributed by atoms with Crippen LogP contribution in [0.5, 0.6) is 5.75 Å². The molecule has 1 aliphatic heterocycles. The molecule has 0 saturated carbocycles. The van der Waals surface area contributed by atoms with Crippen LogP contribution in [0.25, 0.3) is 6.08 Å². The molecular formula is C21H17NO3S. The fourth-order valence-electron chi connectivity index (χ4n) is 2.52. The topological polar surface area (TPSA) is 46.6 Å². The first-order valence-electron chi connectivity index (χ1n) is 8.13. The predicted octanol–water partition coefficient (Wildman–Crippen LogP) is 3.98. The lowest BCUT2D eigenvalue weighted by Crippen LogP contribution is -2.30. The number of hydrogen-bond acceptors (Lipinski definition) is 4. The van der Waals surface area contributed by atoms with Gasteiger partial charge in [-0.1, -0.05) is 48.4 Å². The lowest BCUT2D eigenvalue weighted by molar-refractivity contribution is -0.122. The second-order valence-electron chi connectivity index (χ2n) is 5.63. The SMILES string of the molecule is C#CCOc1ccc(/C=C2\SC(=O)N(CCc3ccccc3)C2=O)cc1. The lowest BCUT2D eigenvalue weighted by Gasteiger charge is -2.12. The Kier molecular flexibility index (Phi) is 5.77. The molecule has 2 aromatic carbocycles. The van der Waals surface area contributed by atoms with Gasteiger partial charge in [-0.3, -0.25) is 14.5 Å². The molecule has 0 bridgehead atoms. The predicted molar refractivity (Wildman–Crippen MR) is 104 cm³/mol. The largest absolute Gasteiger partial charge is 0.481 e. The summed E-state index contributed by atoms with van der Waals surface area (Å²) in [4.78, 5) is 26.4. The van der Waals surface area contributed by atoms with Crippen LogP contribution in [0.2, 0.25) is 0 Å². The fraction of sp³-hybridized carbons (Fsp3) is 0.143. The minimum atomic E-state index is -0.247. The highest BCUT2D eigenvalue weighted by molar-refractivity contribution is 8.18. The number of nitrogens with zero attached hydrogens (tertiary/aromatic N) is 1. The van der Waals surface area contributed by atoms with Gasteiger partial charge < -0.3 is 4.74 Å². The number of imide groups is 1. The molecule has 1 fully saturated rings. The van der Waals surface area contributed by atoms with E-state index in [1.165, 1.54) is 4.90 Å². The normalized spacial score (nSPS) is 15.3. The number of hydrogen-bond donors (Lipinski definition) is 0. The van der Waals surface area contributed by atoms with Crippen molar-refractivity contribution < 1.29 is 14.3 Å². The van der Waals surface area contributed by atoms with E-state index >= 15 is 0 Å². The molecule has 3 rings (SSSR count). The standard InChI is InChI=1S/C21H17NO3S/c1-2-14-25-18-10-8-17(9-11-18)15-19-20(23)22(21(24)26-19)13-12-16-6-4-3-5-7-16/h1,3-11,15H,12-14H2/b19-15-. The summed E-state index contributed by atoms with van der Waals surface area (Å²) in [5, 5.41) is -0.230. The molecule has 0 aromatic heterocycles. The Morgan fingerprint density at radius 1 is 1.08 bits per heavy atom. The maximum atomic E-state index is 12.5. The fourth-order valence-corrected chi connectivity index (χ4v) is 3.38. The molecule has 2 amide bonds. The molecule has 1 saturated heterocycles. The first kappa shape index (κ1) is 17.8. The van der Waals surface area contributed by atoms with E-state index < -0.39 is 0 Å². The highest BCUT2D eigenvalue weighted by Crippen LogP contribution is 2.32. The van der Waals surface area contributed by atoms with Crippen molar-refractivity contribution in [2.24, 2.45) is 0 Å². The molecule has 130 valence electrons. The van der Waals surface area contributed by atoms with Gasteiger partial charge >= 0.3 is 0 Å². The van der Waals surface area contributed by atoms with Gasteiger partial charge in [0, 0.05) is 6.54 Å². The smallest absolute Gasteiger partial charge is 0.293 e. The van der Waals surface area contributed by atoms with Crippen LogP contribution in [-0.2, 0) is 11.2 Å². The van der Waals surface area contributed by atoms with Crippen LogP contribution in [0.15, 0.2) is 59.5 Å². The molecule has 0 atom stereocenters. The second-order valence-corrected chi connectivity index (χ2v) is 6.62. The number of thioether (sulfide) groups is 1. The van der Waals surface area contributed by atoms with Gasteiger partial charge in [0.15, 0.2) is 0 Å². The molecule has 0 aliphatic carbocycles. The van der Waals surface area contributed by atoms with E-state index in [1.807, 2.05) is 42.5 Å². The van der Waals surface area contributed by atoms with E-state index in [-0.39, 0.29) is 17.8 Å². The zero-order valence-electron chi connectivity index (χ0n) is 14.1. The van der Waals surface area contributed by atoms with Crippen LogP contribution in [-0.4, -0.2) is 29.2 Å². The zero-order valence-corrected chi connectivity index (χ0v) is 14.9.